The number of hydrogen-bond acceptors (Lipinski definition) is 4. The van der Waals surface area contributed by atoms with Crippen LogP contribution < -0.4 is 0 Å². The predicted octanol–water partition coefficient (Wildman–Crippen LogP) is 2.61. The van der Waals surface area contributed by atoms with Crippen LogP contribution in [0.5, 0.6) is 0 Å². The molecule has 0 fully saturated rings. The summed E-state index contributed by atoms with van der Waals surface area (Å²) in [5.74, 6) is 0. The van der Waals surface area contributed by atoms with Crippen LogP contribution in [0.2, 0.25) is 0 Å². The van der Waals surface area contributed by atoms with Crippen molar-refractivity contribution in [3.05, 3.63) is 0 Å². The molecule has 0 unspecified atom stereocenters. The Hall–Kier alpha value is 1.61. The van der Waals surface area contributed by atoms with Crippen LogP contribution in [0.25, 0.3) is 0 Å². The Kier molecular flexibility index (Phi) is 12.3. The Labute approximate surface area is 99.4 Å². The van der Waals surface area contributed by atoms with Crippen LogP contribution in [0.1, 0.15) is 26.7 Å². The van der Waals surface area contributed by atoms with Gasteiger partial charge in [-0.05, 0) is 12.8 Å². The molecular weight excluding hydrogens is 295 g/mol. The second-order valence-electron chi connectivity index (χ2n) is 2.11. The molecule has 6 heteroatoms. The van der Waals surface area contributed by atoms with Crippen LogP contribution in [0, 0.1) is 0 Å². The summed E-state index contributed by atoms with van der Waals surface area (Å²) >= 11 is 9.91. The Morgan fingerprint density at radius 2 is 1.50 bits per heavy atom. The molecule has 0 aliphatic rings. The van der Waals surface area contributed by atoms with Crippen LogP contribution in [0.4, 0.5) is 0 Å². The summed E-state index contributed by atoms with van der Waals surface area (Å²) in [4.78, 5) is 0. The van der Waals surface area contributed by atoms with Gasteiger partial charge >= 0.3 is 0 Å². The van der Waals surface area contributed by atoms with E-state index in [4.69, 9.17) is 33.1 Å². The minimum Gasteiger partial charge on any atom is -0.691 e. The van der Waals surface area contributed by atoms with Gasteiger partial charge in [-0.1, -0.05) is 25.7 Å². The molecule has 0 heterocycles. The first-order chi connectivity index (χ1) is 5.12. The summed E-state index contributed by atoms with van der Waals surface area (Å²) < 4.78 is 10.4. The van der Waals surface area contributed by atoms with Gasteiger partial charge in [-0.15, -0.1) is 0 Å². The maximum absolute atomic E-state index is 5.20. The molecule has 0 saturated carbocycles. The van der Waals surface area contributed by atoms with Crippen LogP contribution in [-0.2, 0) is 54.2 Å². The predicted molar refractivity (Wildman–Crippen MR) is 54.1 cm³/mol. The molecule has 0 atom stereocenters. The van der Waals surface area contributed by atoms with Crippen LogP contribution in [-0.4, -0.2) is 13.2 Å². The normalized spacial score (nSPS) is 10.9. The van der Waals surface area contributed by atoms with E-state index in [9.17, 15) is 0 Å². The summed E-state index contributed by atoms with van der Waals surface area (Å²) in [5, 5.41) is 0. The third kappa shape index (κ3) is 9.69. The Morgan fingerprint density at radius 1 is 1.17 bits per heavy atom. The first kappa shape index (κ1) is 16.1. The molecular formula is C6H14MoO2PS2-. The van der Waals surface area contributed by atoms with Crippen LogP contribution in [0.3, 0.4) is 0 Å². The fourth-order valence-corrected chi connectivity index (χ4v) is 2.22. The Balaban J connectivity index is 0. The van der Waals surface area contributed by atoms with E-state index in [2.05, 4.69) is 0 Å². The SMILES string of the molecule is CCCOP(=S)([S-])OCCC.[Mo]. The van der Waals surface area contributed by atoms with Crippen molar-refractivity contribution in [3.8, 4) is 0 Å². The van der Waals surface area contributed by atoms with E-state index in [1.807, 2.05) is 13.8 Å². The first-order valence-corrected chi connectivity index (χ1v) is 7.37. The van der Waals surface area contributed by atoms with Crippen molar-refractivity contribution >= 4 is 29.7 Å². The zero-order chi connectivity index (χ0) is 8.74. The first-order valence-electron chi connectivity index (χ1n) is 3.72. The third-order valence-electron chi connectivity index (χ3n) is 0.907. The number of hydrogen-bond donors (Lipinski definition) is 0. The van der Waals surface area contributed by atoms with Crippen LogP contribution in [0.15, 0.2) is 0 Å². The minimum absolute atomic E-state index is 0. The van der Waals surface area contributed by atoms with E-state index in [0.29, 0.717) is 13.2 Å². The minimum atomic E-state index is -2.31. The molecule has 0 aromatic heterocycles. The monoisotopic (exact) mass is 311 g/mol. The van der Waals surface area contributed by atoms with Crippen molar-refractivity contribution in [1.29, 1.82) is 0 Å². The van der Waals surface area contributed by atoms with E-state index in [1.165, 1.54) is 0 Å². The second-order valence-corrected chi connectivity index (χ2v) is 7.10. The van der Waals surface area contributed by atoms with Gasteiger partial charge < -0.3 is 21.3 Å². The van der Waals surface area contributed by atoms with Crippen molar-refractivity contribution in [2.24, 2.45) is 0 Å². The fourth-order valence-electron chi connectivity index (χ4n) is 0.443. The standard InChI is InChI=1S/C6H15O2PS2.Mo/c1-3-5-7-9(10,11)8-6-4-2;/h3-6H2,1-2H3,(H,10,11);/p-1. The van der Waals surface area contributed by atoms with E-state index >= 15 is 0 Å². The van der Waals surface area contributed by atoms with Gasteiger partial charge in [-0.2, -0.15) is 0 Å². The van der Waals surface area contributed by atoms with Gasteiger partial charge in [-0.3, -0.25) is 0 Å². The van der Waals surface area contributed by atoms with Gasteiger partial charge in [0.1, 0.15) is 0 Å². The molecule has 0 radical (unpaired) electrons. The van der Waals surface area contributed by atoms with Crippen molar-refractivity contribution in [2.75, 3.05) is 13.2 Å². The van der Waals surface area contributed by atoms with Gasteiger partial charge in [0.15, 0.2) is 0 Å². The average molecular weight is 309 g/mol. The van der Waals surface area contributed by atoms with Crippen molar-refractivity contribution in [3.63, 3.8) is 0 Å². The molecule has 0 N–H and O–H groups in total. The average Bonchev–Trinajstić information content (AvgIpc) is 1.97. The van der Waals surface area contributed by atoms with Gasteiger partial charge in [0, 0.05) is 21.1 Å². The quantitative estimate of drug-likeness (QED) is 0.426. The molecule has 0 aromatic carbocycles. The largest absolute Gasteiger partial charge is 0.691 e. The molecule has 0 spiro atoms. The maximum atomic E-state index is 5.20. The Morgan fingerprint density at radius 3 is 1.75 bits per heavy atom. The zero-order valence-corrected chi connectivity index (χ0v) is 11.9. The van der Waals surface area contributed by atoms with E-state index in [-0.39, 0.29) is 21.1 Å². The van der Waals surface area contributed by atoms with E-state index in [1.54, 1.807) is 0 Å². The van der Waals surface area contributed by atoms with Crippen molar-refractivity contribution in [2.45, 2.75) is 26.7 Å². The fraction of sp³-hybridized carbons (Fsp3) is 1.00. The topological polar surface area (TPSA) is 18.5 Å². The second kappa shape index (κ2) is 9.17. The van der Waals surface area contributed by atoms with Crippen molar-refractivity contribution in [1.82, 2.24) is 0 Å². The smallest absolute Gasteiger partial charge is 0.0563 e. The summed E-state index contributed by atoms with van der Waals surface area (Å²) in [6, 6.07) is 0. The van der Waals surface area contributed by atoms with Crippen LogP contribution >= 0.6 is 5.69 Å². The van der Waals surface area contributed by atoms with Gasteiger partial charge in [0.25, 0.3) is 0 Å². The molecule has 0 aliphatic carbocycles. The molecule has 0 rings (SSSR count). The summed E-state index contributed by atoms with van der Waals surface area (Å²) in [7, 11) is 0. The molecule has 0 aliphatic heterocycles. The third-order valence-corrected chi connectivity index (χ3v) is 3.17. The summed E-state index contributed by atoms with van der Waals surface area (Å²) in [5.41, 5.74) is -2.31. The number of rotatable bonds is 6. The van der Waals surface area contributed by atoms with Gasteiger partial charge in [0.05, 0.1) is 18.9 Å². The van der Waals surface area contributed by atoms with E-state index in [0.717, 1.165) is 12.8 Å². The zero-order valence-electron chi connectivity index (χ0n) is 7.32. The maximum Gasteiger partial charge on any atom is 0.0563 e. The van der Waals surface area contributed by atoms with Crippen molar-refractivity contribution < 1.29 is 30.1 Å². The molecule has 74 valence electrons. The summed E-state index contributed by atoms with van der Waals surface area (Å²) in [6.45, 7) is 5.27. The molecule has 2 nitrogen and oxygen atoms in total. The summed E-state index contributed by atoms with van der Waals surface area (Å²) in [6.07, 6.45) is 1.87. The molecule has 0 aromatic rings. The molecule has 0 saturated heterocycles. The van der Waals surface area contributed by atoms with Gasteiger partial charge in [0.2, 0.25) is 0 Å². The van der Waals surface area contributed by atoms with Gasteiger partial charge in [-0.25, -0.2) is 0 Å². The molecule has 0 amide bonds. The molecule has 0 bridgehead atoms. The molecule has 12 heavy (non-hydrogen) atoms. The Bertz CT molecular complexity index is 134. The van der Waals surface area contributed by atoms with E-state index < -0.39 is 5.69 Å².